The Morgan fingerprint density at radius 3 is 2.57 bits per heavy atom. The Morgan fingerprint density at radius 1 is 1.13 bits per heavy atom. The summed E-state index contributed by atoms with van der Waals surface area (Å²) in [5.41, 5.74) is 2.43. The van der Waals surface area contributed by atoms with Crippen molar-refractivity contribution in [1.82, 2.24) is 0 Å². The highest BCUT2D eigenvalue weighted by Crippen LogP contribution is 2.43. The molecule has 3 aromatic rings. The second-order valence-corrected chi connectivity index (χ2v) is 7.94. The number of carbonyl (C=O) groups excluding carboxylic acids is 2. The van der Waals surface area contributed by atoms with Crippen LogP contribution in [-0.2, 0) is 4.79 Å². The zero-order chi connectivity index (χ0) is 21.3. The molecule has 4 rings (SSSR count). The summed E-state index contributed by atoms with van der Waals surface area (Å²) in [7, 11) is 0. The van der Waals surface area contributed by atoms with Crippen molar-refractivity contribution in [2.45, 2.75) is 19.9 Å². The van der Waals surface area contributed by atoms with Crippen LogP contribution in [0.2, 0.25) is 0 Å². The van der Waals surface area contributed by atoms with Gasteiger partial charge in [0.25, 0.3) is 5.91 Å². The number of carbonyl (C=O) groups is 2. The van der Waals surface area contributed by atoms with Crippen molar-refractivity contribution in [2.24, 2.45) is 0 Å². The molecule has 5 nitrogen and oxygen atoms in total. The van der Waals surface area contributed by atoms with Crippen LogP contribution in [0.15, 0.2) is 77.4 Å². The van der Waals surface area contributed by atoms with Crippen molar-refractivity contribution < 1.29 is 19.4 Å². The van der Waals surface area contributed by atoms with Gasteiger partial charge in [-0.3, -0.25) is 14.5 Å². The van der Waals surface area contributed by atoms with Crippen molar-refractivity contribution in [3.05, 3.63) is 93.4 Å². The normalized spacial score (nSPS) is 16.3. The predicted octanol–water partition coefficient (Wildman–Crippen LogP) is 5.24. The third-order valence-corrected chi connectivity index (χ3v) is 5.86. The minimum absolute atomic E-state index is 0.0803. The first-order valence-electron chi connectivity index (χ1n) is 9.65. The van der Waals surface area contributed by atoms with E-state index in [0.717, 1.165) is 5.56 Å². The fraction of sp³-hybridized carbons (Fsp3) is 0.167. The number of thiophene rings is 1. The third-order valence-electron chi connectivity index (χ3n) is 4.99. The average Bonchev–Trinajstić information content (AvgIpc) is 3.37. The molecule has 0 radical (unpaired) electrons. The Hall–Kier alpha value is -3.38. The first kappa shape index (κ1) is 19.9. The Labute approximate surface area is 178 Å². The van der Waals surface area contributed by atoms with E-state index in [9.17, 15) is 14.7 Å². The van der Waals surface area contributed by atoms with Crippen LogP contribution in [0.3, 0.4) is 0 Å². The number of ether oxygens (including phenoxy) is 1. The van der Waals surface area contributed by atoms with Gasteiger partial charge >= 0.3 is 0 Å². The zero-order valence-electron chi connectivity index (χ0n) is 16.7. The summed E-state index contributed by atoms with van der Waals surface area (Å²) in [5, 5.41) is 12.6. The van der Waals surface area contributed by atoms with E-state index in [1.165, 1.54) is 16.2 Å². The molecular weight excluding hydrogens is 398 g/mol. The zero-order valence-corrected chi connectivity index (χ0v) is 17.5. The monoisotopic (exact) mass is 419 g/mol. The lowest BCUT2D eigenvalue weighted by atomic mass is 9.95. The minimum Gasteiger partial charge on any atom is -0.503 e. The maximum absolute atomic E-state index is 13.3. The summed E-state index contributed by atoms with van der Waals surface area (Å²) >= 11 is 1.28. The smallest absolute Gasteiger partial charge is 0.294 e. The highest BCUT2D eigenvalue weighted by molar-refractivity contribution is 7.12. The van der Waals surface area contributed by atoms with Gasteiger partial charge in [0.05, 0.1) is 23.1 Å². The molecule has 1 aliphatic rings. The lowest BCUT2D eigenvalue weighted by Gasteiger charge is -2.27. The molecule has 0 saturated heterocycles. The summed E-state index contributed by atoms with van der Waals surface area (Å²) < 4.78 is 5.62. The molecule has 1 amide bonds. The predicted molar refractivity (Wildman–Crippen MR) is 117 cm³/mol. The van der Waals surface area contributed by atoms with Gasteiger partial charge in [-0.05, 0) is 55.1 Å². The summed E-state index contributed by atoms with van der Waals surface area (Å²) in [6.07, 6.45) is 0. The van der Waals surface area contributed by atoms with Gasteiger partial charge in [-0.15, -0.1) is 11.3 Å². The van der Waals surface area contributed by atoms with Crippen molar-refractivity contribution in [3.8, 4) is 5.75 Å². The van der Waals surface area contributed by atoms with Crippen LogP contribution in [0.5, 0.6) is 5.75 Å². The van der Waals surface area contributed by atoms with Gasteiger partial charge in [0.1, 0.15) is 5.75 Å². The van der Waals surface area contributed by atoms with E-state index in [-0.39, 0.29) is 11.4 Å². The lowest BCUT2D eigenvalue weighted by molar-refractivity contribution is -0.117. The van der Waals surface area contributed by atoms with Gasteiger partial charge in [0.2, 0.25) is 5.78 Å². The largest absolute Gasteiger partial charge is 0.503 e. The van der Waals surface area contributed by atoms with E-state index in [2.05, 4.69) is 0 Å². The van der Waals surface area contributed by atoms with Crippen LogP contribution in [0, 0.1) is 6.92 Å². The number of hydrogen-bond acceptors (Lipinski definition) is 5. The molecular formula is C24H21NO4S. The number of nitrogens with zero attached hydrogens (tertiary/aromatic N) is 1. The van der Waals surface area contributed by atoms with Crippen molar-refractivity contribution in [1.29, 1.82) is 0 Å². The second-order valence-electron chi connectivity index (χ2n) is 6.99. The van der Waals surface area contributed by atoms with Crippen LogP contribution in [0.1, 0.15) is 33.8 Å². The molecule has 0 aliphatic carbocycles. The topological polar surface area (TPSA) is 66.8 Å². The molecule has 1 aromatic heterocycles. The highest BCUT2D eigenvalue weighted by atomic mass is 32.1. The molecule has 2 aromatic carbocycles. The molecule has 1 aliphatic heterocycles. The minimum atomic E-state index is -0.754. The number of anilines is 1. The number of rotatable bonds is 6. The van der Waals surface area contributed by atoms with Gasteiger partial charge < -0.3 is 9.84 Å². The standard InChI is InChI=1S/C24H21NO4S/c1-3-29-18-7-4-6-16(14-18)21-20(22(26)19-8-5-13-30-19)23(27)24(28)25(21)17-11-9-15(2)10-12-17/h4-14,21,27H,3H2,1-2H3. The van der Waals surface area contributed by atoms with Crippen LogP contribution in [0.25, 0.3) is 0 Å². The molecule has 0 saturated carbocycles. The third kappa shape index (κ3) is 3.50. The number of aliphatic hydroxyl groups excluding tert-OH is 1. The van der Waals surface area contributed by atoms with Crippen molar-refractivity contribution in [3.63, 3.8) is 0 Å². The molecule has 6 heteroatoms. The van der Waals surface area contributed by atoms with E-state index >= 15 is 0 Å². The van der Waals surface area contributed by atoms with Crippen molar-refractivity contribution in [2.75, 3.05) is 11.5 Å². The number of Topliss-reactive ketones (excluding diaryl/α,β-unsaturated/α-hetero) is 1. The first-order chi connectivity index (χ1) is 14.5. The molecule has 152 valence electrons. The Balaban J connectivity index is 1.87. The molecule has 1 N–H and O–H groups in total. The van der Waals surface area contributed by atoms with E-state index in [1.807, 2.05) is 62.4 Å². The van der Waals surface area contributed by atoms with Gasteiger partial charge in [0, 0.05) is 5.69 Å². The Kier molecular flexibility index (Phi) is 5.42. The van der Waals surface area contributed by atoms with Gasteiger partial charge in [-0.2, -0.15) is 0 Å². The quantitative estimate of drug-likeness (QED) is 0.555. The maximum atomic E-state index is 13.3. The maximum Gasteiger partial charge on any atom is 0.294 e. The molecule has 0 bridgehead atoms. The van der Waals surface area contributed by atoms with Crippen LogP contribution in [0.4, 0.5) is 5.69 Å². The summed E-state index contributed by atoms with van der Waals surface area (Å²) in [6.45, 7) is 4.35. The molecule has 0 spiro atoms. The van der Waals surface area contributed by atoms with E-state index in [4.69, 9.17) is 4.74 Å². The second kappa shape index (κ2) is 8.16. The summed E-state index contributed by atoms with van der Waals surface area (Å²) in [5.74, 6) is -0.816. The summed E-state index contributed by atoms with van der Waals surface area (Å²) in [4.78, 5) is 28.3. The van der Waals surface area contributed by atoms with E-state index in [1.54, 1.807) is 17.5 Å². The molecule has 0 fully saturated rings. The van der Waals surface area contributed by atoms with Gasteiger partial charge in [0.15, 0.2) is 5.76 Å². The number of amides is 1. The number of hydrogen-bond donors (Lipinski definition) is 1. The fourth-order valence-corrected chi connectivity index (χ4v) is 4.28. The Morgan fingerprint density at radius 2 is 1.90 bits per heavy atom. The lowest BCUT2D eigenvalue weighted by Crippen LogP contribution is -2.31. The highest BCUT2D eigenvalue weighted by Gasteiger charge is 2.44. The average molecular weight is 420 g/mol. The van der Waals surface area contributed by atoms with E-state index < -0.39 is 17.7 Å². The molecule has 30 heavy (non-hydrogen) atoms. The number of ketones is 1. The number of benzene rings is 2. The molecule has 2 heterocycles. The number of aryl methyl sites for hydroxylation is 1. The first-order valence-corrected chi connectivity index (χ1v) is 10.5. The van der Waals surface area contributed by atoms with Crippen LogP contribution >= 0.6 is 11.3 Å². The van der Waals surface area contributed by atoms with E-state index in [0.29, 0.717) is 28.5 Å². The van der Waals surface area contributed by atoms with Gasteiger partial charge in [-0.25, -0.2) is 0 Å². The molecule has 1 unspecified atom stereocenters. The van der Waals surface area contributed by atoms with Gasteiger partial charge in [-0.1, -0.05) is 35.9 Å². The van der Waals surface area contributed by atoms with Crippen LogP contribution < -0.4 is 9.64 Å². The fourth-order valence-electron chi connectivity index (χ4n) is 3.61. The van der Waals surface area contributed by atoms with Crippen molar-refractivity contribution >= 4 is 28.7 Å². The SMILES string of the molecule is CCOc1cccc(C2C(C(=O)c3cccs3)=C(O)C(=O)N2c2ccc(C)cc2)c1. The number of aliphatic hydroxyl groups is 1. The molecule has 1 atom stereocenters. The van der Waals surface area contributed by atoms with Crippen LogP contribution in [-0.4, -0.2) is 23.4 Å². The Bertz CT molecular complexity index is 1120. The summed E-state index contributed by atoms with van der Waals surface area (Å²) in [6, 6.07) is 17.4.